The first kappa shape index (κ1) is 13.6. The van der Waals surface area contributed by atoms with Gasteiger partial charge in [-0.05, 0) is 35.9 Å². The number of hydrogen-bond acceptors (Lipinski definition) is 2. The second kappa shape index (κ2) is 5.57. The van der Waals surface area contributed by atoms with Crippen molar-refractivity contribution in [3.05, 3.63) is 65.9 Å². The molecule has 3 rings (SSSR count). The van der Waals surface area contributed by atoms with Gasteiger partial charge < -0.3 is 4.74 Å². The third kappa shape index (κ3) is 2.62. The third-order valence-electron chi connectivity index (χ3n) is 3.73. The maximum absolute atomic E-state index is 5.94. The molecule has 0 fully saturated rings. The molecule has 106 valence electrons. The van der Waals surface area contributed by atoms with Crippen LogP contribution in [0.5, 0.6) is 11.6 Å². The van der Waals surface area contributed by atoms with Crippen molar-refractivity contribution in [2.24, 2.45) is 0 Å². The average Bonchev–Trinajstić information content (AvgIpc) is 2.50. The van der Waals surface area contributed by atoms with Crippen molar-refractivity contribution in [2.45, 2.75) is 26.7 Å². The van der Waals surface area contributed by atoms with E-state index < -0.39 is 0 Å². The molecule has 0 aliphatic carbocycles. The summed E-state index contributed by atoms with van der Waals surface area (Å²) in [6.45, 7) is 6.51. The average molecular weight is 277 g/mol. The van der Waals surface area contributed by atoms with Gasteiger partial charge in [0.2, 0.25) is 5.88 Å². The number of hydrogen-bond donors (Lipinski definition) is 0. The Morgan fingerprint density at radius 1 is 0.952 bits per heavy atom. The smallest absolute Gasteiger partial charge is 0.222 e. The maximum atomic E-state index is 5.94. The Bertz CT molecular complexity index is 763. The summed E-state index contributed by atoms with van der Waals surface area (Å²) in [5, 5.41) is 2.42. The molecule has 0 saturated heterocycles. The number of aryl methyl sites for hydroxylation is 1. The topological polar surface area (TPSA) is 22.1 Å². The molecular formula is C19H19NO. The predicted molar refractivity (Wildman–Crippen MR) is 87.1 cm³/mol. The number of benzene rings is 2. The number of para-hydroxylation sites is 1. The fraction of sp³-hybridized carbons (Fsp3) is 0.211. The Kier molecular flexibility index (Phi) is 3.61. The van der Waals surface area contributed by atoms with Crippen LogP contribution in [0.25, 0.3) is 10.8 Å². The first-order valence-electron chi connectivity index (χ1n) is 7.28. The zero-order valence-corrected chi connectivity index (χ0v) is 12.6. The standard InChI is InChI=1S/C19H19NO/c1-13(2)17-11-7-8-15-12-20-19(14(3)18(15)17)21-16-9-5-4-6-10-16/h4-13H,1-3H3. The first-order chi connectivity index (χ1) is 10.2. The van der Waals surface area contributed by atoms with Crippen molar-refractivity contribution in [1.82, 2.24) is 4.98 Å². The normalized spacial score (nSPS) is 11.0. The second-order valence-corrected chi connectivity index (χ2v) is 5.57. The van der Waals surface area contributed by atoms with Crippen LogP contribution in [-0.2, 0) is 0 Å². The predicted octanol–water partition coefficient (Wildman–Crippen LogP) is 5.46. The van der Waals surface area contributed by atoms with Gasteiger partial charge in [0.15, 0.2) is 0 Å². The highest BCUT2D eigenvalue weighted by atomic mass is 16.5. The highest BCUT2D eigenvalue weighted by molar-refractivity contribution is 5.89. The number of ether oxygens (including phenoxy) is 1. The van der Waals surface area contributed by atoms with Crippen molar-refractivity contribution in [3.8, 4) is 11.6 Å². The molecule has 0 atom stereocenters. The molecule has 0 radical (unpaired) electrons. The Morgan fingerprint density at radius 3 is 2.43 bits per heavy atom. The Hall–Kier alpha value is -2.35. The van der Waals surface area contributed by atoms with Gasteiger partial charge in [0.05, 0.1) is 0 Å². The lowest BCUT2D eigenvalue weighted by Gasteiger charge is -2.15. The van der Waals surface area contributed by atoms with Gasteiger partial charge in [-0.15, -0.1) is 0 Å². The van der Waals surface area contributed by atoms with Gasteiger partial charge in [-0.2, -0.15) is 0 Å². The van der Waals surface area contributed by atoms with Crippen molar-refractivity contribution in [2.75, 3.05) is 0 Å². The molecule has 1 aromatic heterocycles. The van der Waals surface area contributed by atoms with Crippen LogP contribution >= 0.6 is 0 Å². The Labute approximate surface area is 125 Å². The summed E-state index contributed by atoms with van der Waals surface area (Å²) in [7, 11) is 0. The molecule has 2 nitrogen and oxygen atoms in total. The SMILES string of the molecule is Cc1c(Oc2ccccc2)ncc2cccc(C(C)C)c12. The Morgan fingerprint density at radius 2 is 1.71 bits per heavy atom. The molecule has 0 N–H and O–H groups in total. The number of nitrogens with zero attached hydrogens (tertiary/aromatic N) is 1. The van der Waals surface area contributed by atoms with Crippen molar-refractivity contribution in [1.29, 1.82) is 0 Å². The molecule has 0 aliphatic heterocycles. The van der Waals surface area contributed by atoms with E-state index in [0.717, 1.165) is 11.3 Å². The molecule has 0 spiro atoms. The lowest BCUT2D eigenvalue weighted by Crippen LogP contribution is -1.96. The number of rotatable bonds is 3. The zero-order valence-electron chi connectivity index (χ0n) is 12.6. The van der Waals surface area contributed by atoms with Gasteiger partial charge in [0, 0.05) is 17.1 Å². The number of aromatic nitrogens is 1. The summed E-state index contributed by atoms with van der Waals surface area (Å²) < 4.78 is 5.94. The van der Waals surface area contributed by atoms with E-state index in [9.17, 15) is 0 Å². The second-order valence-electron chi connectivity index (χ2n) is 5.57. The minimum atomic E-state index is 0.472. The molecular weight excluding hydrogens is 258 g/mol. The van der Waals surface area contributed by atoms with Crippen LogP contribution < -0.4 is 4.74 Å². The van der Waals surface area contributed by atoms with Gasteiger partial charge in [0.1, 0.15) is 5.75 Å². The quantitative estimate of drug-likeness (QED) is 0.634. The molecule has 0 unspecified atom stereocenters. The highest BCUT2D eigenvalue weighted by Gasteiger charge is 2.12. The number of fused-ring (bicyclic) bond motifs is 1. The summed E-state index contributed by atoms with van der Waals surface area (Å²) in [6.07, 6.45) is 1.90. The molecule has 1 heterocycles. The van der Waals surface area contributed by atoms with Gasteiger partial charge in [-0.25, -0.2) is 4.98 Å². The van der Waals surface area contributed by atoms with E-state index in [0.29, 0.717) is 11.8 Å². The van der Waals surface area contributed by atoms with Crippen LogP contribution in [0.15, 0.2) is 54.7 Å². The minimum Gasteiger partial charge on any atom is -0.439 e. The molecule has 0 saturated carbocycles. The fourth-order valence-corrected chi connectivity index (χ4v) is 2.65. The van der Waals surface area contributed by atoms with Crippen LogP contribution in [0.4, 0.5) is 0 Å². The lowest BCUT2D eigenvalue weighted by molar-refractivity contribution is 0.460. The van der Waals surface area contributed by atoms with Crippen LogP contribution in [0.3, 0.4) is 0 Å². The van der Waals surface area contributed by atoms with E-state index in [1.807, 2.05) is 36.5 Å². The molecule has 2 aromatic carbocycles. The molecule has 3 aromatic rings. The minimum absolute atomic E-state index is 0.472. The van der Waals surface area contributed by atoms with Gasteiger partial charge in [-0.3, -0.25) is 0 Å². The third-order valence-corrected chi connectivity index (χ3v) is 3.73. The molecule has 0 amide bonds. The maximum Gasteiger partial charge on any atom is 0.222 e. The van der Waals surface area contributed by atoms with Crippen molar-refractivity contribution in [3.63, 3.8) is 0 Å². The summed E-state index contributed by atoms with van der Waals surface area (Å²) in [4.78, 5) is 4.48. The largest absolute Gasteiger partial charge is 0.439 e. The van der Waals surface area contributed by atoms with Gasteiger partial charge >= 0.3 is 0 Å². The zero-order chi connectivity index (χ0) is 14.8. The molecule has 0 aliphatic rings. The van der Waals surface area contributed by atoms with E-state index in [4.69, 9.17) is 4.74 Å². The van der Waals surface area contributed by atoms with Crippen molar-refractivity contribution >= 4 is 10.8 Å². The fourth-order valence-electron chi connectivity index (χ4n) is 2.65. The van der Waals surface area contributed by atoms with Gasteiger partial charge in [-0.1, -0.05) is 50.2 Å². The van der Waals surface area contributed by atoms with Crippen LogP contribution in [0.2, 0.25) is 0 Å². The monoisotopic (exact) mass is 277 g/mol. The number of pyridine rings is 1. The molecule has 2 heteroatoms. The summed E-state index contributed by atoms with van der Waals surface area (Å²) >= 11 is 0. The highest BCUT2D eigenvalue weighted by Crippen LogP contribution is 2.33. The van der Waals surface area contributed by atoms with Gasteiger partial charge in [0.25, 0.3) is 0 Å². The van der Waals surface area contributed by atoms with Crippen LogP contribution in [0, 0.1) is 6.92 Å². The summed E-state index contributed by atoms with van der Waals surface area (Å²) in [6, 6.07) is 16.2. The molecule has 0 bridgehead atoms. The van der Waals surface area contributed by atoms with E-state index in [1.54, 1.807) is 0 Å². The first-order valence-corrected chi connectivity index (χ1v) is 7.28. The van der Waals surface area contributed by atoms with Crippen LogP contribution in [-0.4, -0.2) is 4.98 Å². The van der Waals surface area contributed by atoms with E-state index >= 15 is 0 Å². The van der Waals surface area contributed by atoms with E-state index in [-0.39, 0.29) is 0 Å². The molecule has 21 heavy (non-hydrogen) atoms. The van der Waals surface area contributed by atoms with E-state index in [1.165, 1.54) is 16.3 Å². The van der Waals surface area contributed by atoms with Crippen molar-refractivity contribution < 1.29 is 4.74 Å². The summed E-state index contributed by atoms with van der Waals surface area (Å²) in [5.41, 5.74) is 2.44. The van der Waals surface area contributed by atoms with E-state index in [2.05, 4.69) is 44.0 Å². The lowest BCUT2D eigenvalue weighted by atomic mass is 9.94. The van der Waals surface area contributed by atoms with Crippen LogP contribution in [0.1, 0.15) is 30.9 Å². The summed E-state index contributed by atoms with van der Waals surface area (Å²) in [5.74, 6) is 1.97. The Balaban J connectivity index is 2.13.